The highest BCUT2D eigenvalue weighted by atomic mass is 31.2. The van der Waals surface area contributed by atoms with Crippen LogP contribution in [0.2, 0.25) is 0 Å². The molecule has 0 aliphatic carbocycles. The zero-order valence-corrected chi connectivity index (χ0v) is 24.2. The average molecular weight is 525 g/mol. The van der Waals surface area contributed by atoms with E-state index in [1.165, 1.54) is 64.2 Å². The largest absolute Gasteiger partial charge is 0.472 e. The van der Waals surface area contributed by atoms with Crippen LogP contribution in [0.1, 0.15) is 104 Å². The summed E-state index contributed by atoms with van der Waals surface area (Å²) in [4.78, 5) is 21.9. The number of nitrogens with zero attached hydrogens (tertiary/aromatic N) is 1. The van der Waals surface area contributed by atoms with E-state index in [9.17, 15) is 14.3 Å². The number of unbranched alkanes of at least 4 members (excludes halogenated alkanes) is 12. The van der Waals surface area contributed by atoms with Gasteiger partial charge in [0.2, 0.25) is 0 Å². The Bertz CT molecular complexity index is 554. The van der Waals surface area contributed by atoms with Crippen molar-refractivity contribution in [2.75, 3.05) is 54.1 Å². The van der Waals surface area contributed by atoms with Gasteiger partial charge in [0.1, 0.15) is 25.9 Å². The summed E-state index contributed by atoms with van der Waals surface area (Å²) < 4.78 is 33.5. The molecule has 0 aromatic rings. The molecule has 0 aliphatic rings. The second kappa shape index (κ2) is 21.6. The van der Waals surface area contributed by atoms with Gasteiger partial charge in [0.05, 0.1) is 27.7 Å². The summed E-state index contributed by atoms with van der Waals surface area (Å²) in [6.07, 6.45) is 16.1. The molecule has 8 nitrogen and oxygen atoms in total. The van der Waals surface area contributed by atoms with Gasteiger partial charge in [0.15, 0.2) is 0 Å². The Balaban J connectivity index is 3.82. The van der Waals surface area contributed by atoms with Crippen LogP contribution in [0.25, 0.3) is 0 Å². The first-order chi connectivity index (χ1) is 16.6. The number of hydrogen-bond donors (Lipinski definition) is 1. The minimum atomic E-state index is -4.18. The van der Waals surface area contributed by atoms with Gasteiger partial charge in [-0.1, -0.05) is 84.0 Å². The second-order valence-electron chi connectivity index (χ2n) is 10.4. The Morgan fingerprint density at radius 1 is 0.800 bits per heavy atom. The monoisotopic (exact) mass is 524 g/mol. The van der Waals surface area contributed by atoms with Gasteiger partial charge in [-0.05, 0) is 13.3 Å². The number of phosphoric ester groups is 1. The summed E-state index contributed by atoms with van der Waals surface area (Å²) >= 11 is 0. The first-order valence-electron chi connectivity index (χ1n) is 13.8. The Morgan fingerprint density at radius 3 is 1.80 bits per heavy atom. The van der Waals surface area contributed by atoms with Gasteiger partial charge in [-0.15, -0.1) is 0 Å². The number of phosphoric acid groups is 1. The summed E-state index contributed by atoms with van der Waals surface area (Å²) in [5, 5.41) is 0. The van der Waals surface area contributed by atoms with Crippen molar-refractivity contribution in [2.45, 2.75) is 110 Å². The predicted molar refractivity (Wildman–Crippen MR) is 141 cm³/mol. The van der Waals surface area contributed by atoms with Crippen molar-refractivity contribution < 1.29 is 37.3 Å². The number of esters is 1. The van der Waals surface area contributed by atoms with E-state index in [1.54, 1.807) is 6.92 Å². The first-order valence-corrected chi connectivity index (χ1v) is 15.3. The number of rotatable bonds is 25. The summed E-state index contributed by atoms with van der Waals surface area (Å²) in [7, 11) is 1.71. The molecule has 0 amide bonds. The van der Waals surface area contributed by atoms with Gasteiger partial charge >= 0.3 is 13.8 Å². The van der Waals surface area contributed by atoms with Gasteiger partial charge in [-0.3, -0.25) is 13.8 Å². The fraction of sp³-hybridized carbons (Fsp3) is 0.962. The van der Waals surface area contributed by atoms with E-state index >= 15 is 0 Å². The van der Waals surface area contributed by atoms with Crippen LogP contribution < -0.4 is 0 Å². The van der Waals surface area contributed by atoms with Gasteiger partial charge in [-0.25, -0.2) is 4.57 Å². The van der Waals surface area contributed by atoms with Crippen LogP contribution in [-0.4, -0.2) is 75.6 Å². The lowest BCUT2D eigenvalue weighted by Crippen LogP contribution is -2.37. The summed E-state index contributed by atoms with van der Waals surface area (Å²) in [6, 6.07) is 0. The fourth-order valence-corrected chi connectivity index (χ4v) is 4.31. The molecule has 0 heterocycles. The molecule has 210 valence electrons. The molecular weight excluding hydrogens is 469 g/mol. The highest BCUT2D eigenvalue weighted by Gasteiger charge is 2.25. The molecule has 2 atom stereocenters. The second-order valence-corrected chi connectivity index (χ2v) is 11.8. The third kappa shape index (κ3) is 25.0. The molecule has 0 fully saturated rings. The summed E-state index contributed by atoms with van der Waals surface area (Å²) in [5.74, 6) is -0.274. The first kappa shape index (κ1) is 34.5. The molecular formula is C26H55NO7P+. The van der Waals surface area contributed by atoms with E-state index in [0.717, 1.165) is 19.3 Å². The average Bonchev–Trinajstić information content (AvgIpc) is 2.77. The Labute approximate surface area is 215 Å². The Kier molecular flexibility index (Phi) is 21.3. The minimum Gasteiger partial charge on any atom is -0.463 e. The van der Waals surface area contributed by atoms with Gasteiger partial charge in [0.25, 0.3) is 0 Å². The fourth-order valence-electron chi connectivity index (χ4n) is 3.57. The third-order valence-electron chi connectivity index (χ3n) is 5.76. The molecule has 0 spiro atoms. The number of likely N-dealkylation sites (N-methyl/N-ethyl adjacent to an activating group) is 1. The summed E-state index contributed by atoms with van der Waals surface area (Å²) in [6.45, 7) is 4.91. The van der Waals surface area contributed by atoms with Gasteiger partial charge in [-0.2, -0.15) is 0 Å². The van der Waals surface area contributed by atoms with Crippen LogP contribution in [-0.2, 0) is 27.9 Å². The van der Waals surface area contributed by atoms with Crippen LogP contribution >= 0.6 is 7.82 Å². The van der Waals surface area contributed by atoms with E-state index in [2.05, 4.69) is 6.92 Å². The number of quaternary nitrogens is 1. The molecule has 0 saturated heterocycles. The van der Waals surface area contributed by atoms with E-state index in [1.807, 2.05) is 21.1 Å². The van der Waals surface area contributed by atoms with E-state index in [4.69, 9.17) is 18.5 Å². The highest BCUT2D eigenvalue weighted by molar-refractivity contribution is 7.47. The zero-order valence-electron chi connectivity index (χ0n) is 23.3. The maximum atomic E-state index is 12.0. The number of hydrogen-bond acceptors (Lipinski definition) is 6. The molecule has 0 aromatic carbocycles. The number of ether oxygens (including phenoxy) is 2. The molecule has 0 radical (unpaired) electrons. The highest BCUT2D eigenvalue weighted by Crippen LogP contribution is 2.43. The standard InChI is InChI=1S/C26H54NO7P/c1-6-8-9-10-11-12-13-14-15-16-17-18-19-20-26(28)32-23-25(31-7-2)24-34-35(29,30)33-22-21-27(3,4)5/h25H,6-24H2,1-5H3/p+1. The quantitative estimate of drug-likeness (QED) is 0.0653. The maximum Gasteiger partial charge on any atom is 0.472 e. The van der Waals surface area contributed by atoms with Crippen molar-refractivity contribution in [3.8, 4) is 0 Å². The van der Waals surface area contributed by atoms with Crippen molar-refractivity contribution in [3.05, 3.63) is 0 Å². The third-order valence-corrected chi connectivity index (χ3v) is 6.74. The van der Waals surface area contributed by atoms with Crippen molar-refractivity contribution in [3.63, 3.8) is 0 Å². The van der Waals surface area contributed by atoms with E-state index < -0.39 is 13.9 Å². The topological polar surface area (TPSA) is 91.3 Å². The van der Waals surface area contributed by atoms with Crippen LogP contribution in [0.4, 0.5) is 0 Å². The van der Waals surface area contributed by atoms with Crippen LogP contribution in [0.15, 0.2) is 0 Å². The Hall–Kier alpha value is -0.500. The van der Waals surface area contributed by atoms with Crippen LogP contribution in [0.3, 0.4) is 0 Å². The lowest BCUT2D eigenvalue weighted by molar-refractivity contribution is -0.870. The molecule has 9 heteroatoms. The SMILES string of the molecule is CCCCCCCCCCCCCCCC(=O)OCC(COP(=O)(O)OCC[N+](C)(C)C)OCC. The molecule has 0 aliphatic heterocycles. The minimum absolute atomic E-state index is 0.00992. The molecule has 0 bridgehead atoms. The van der Waals surface area contributed by atoms with E-state index in [0.29, 0.717) is 24.1 Å². The molecule has 0 rings (SSSR count). The summed E-state index contributed by atoms with van der Waals surface area (Å²) in [5.41, 5.74) is 0. The van der Waals surface area contributed by atoms with Gasteiger partial charge < -0.3 is 18.9 Å². The van der Waals surface area contributed by atoms with Crippen molar-refractivity contribution in [2.24, 2.45) is 0 Å². The van der Waals surface area contributed by atoms with Crippen LogP contribution in [0.5, 0.6) is 0 Å². The van der Waals surface area contributed by atoms with Crippen molar-refractivity contribution in [1.82, 2.24) is 0 Å². The lowest BCUT2D eigenvalue weighted by Gasteiger charge is -2.24. The molecule has 1 N–H and O–H groups in total. The normalized spacial score (nSPS) is 14.6. The maximum absolute atomic E-state index is 12.0. The smallest absolute Gasteiger partial charge is 0.463 e. The molecule has 0 aromatic heterocycles. The van der Waals surface area contributed by atoms with Crippen LogP contribution in [0, 0.1) is 0 Å². The number of carbonyl (C=O) groups is 1. The zero-order chi connectivity index (χ0) is 26.4. The molecule has 2 unspecified atom stereocenters. The predicted octanol–water partition coefficient (Wildman–Crippen LogP) is 6.26. The number of carbonyl (C=O) groups excluding carboxylic acids is 1. The van der Waals surface area contributed by atoms with Gasteiger partial charge in [0, 0.05) is 13.0 Å². The molecule has 0 saturated carbocycles. The van der Waals surface area contributed by atoms with Crippen molar-refractivity contribution >= 4 is 13.8 Å². The van der Waals surface area contributed by atoms with E-state index in [-0.39, 0.29) is 25.8 Å². The van der Waals surface area contributed by atoms with Crippen molar-refractivity contribution in [1.29, 1.82) is 0 Å². The lowest BCUT2D eigenvalue weighted by atomic mass is 10.0. The molecule has 35 heavy (non-hydrogen) atoms. The Morgan fingerprint density at radius 2 is 1.31 bits per heavy atom.